The lowest BCUT2D eigenvalue weighted by Gasteiger charge is -2.32. The van der Waals surface area contributed by atoms with Crippen LogP contribution in [0.2, 0.25) is 0 Å². The molecule has 3 aliphatic heterocycles. The van der Waals surface area contributed by atoms with Crippen molar-refractivity contribution in [2.24, 2.45) is 17.6 Å². The lowest BCUT2D eigenvalue weighted by Crippen LogP contribution is -2.62. The molecule has 0 radical (unpaired) electrons. The summed E-state index contributed by atoms with van der Waals surface area (Å²) in [6, 6.07) is -7.67. The van der Waals surface area contributed by atoms with Crippen LogP contribution in [0, 0.1) is 11.8 Å². The molecule has 0 aliphatic carbocycles. The van der Waals surface area contributed by atoms with Crippen LogP contribution in [0.3, 0.4) is 0 Å². The number of fused-ring (bicyclic) bond motifs is 5. The fourth-order valence-corrected chi connectivity index (χ4v) is 11.5. The predicted molar refractivity (Wildman–Crippen MR) is 284 cm³/mol. The number of unbranched alkanes of at least 4 members (excludes halogenated alkanes) is 1. The SMILES string of the molecule is CC[C@H](C)[C@@H]1NC(=O)CNC(=O)[C@@H]2Cc3c([nH]c4c(CSCCCCNC(=O)NC(C)(C)C)c(O)ccc34)S(=O)C[C@H](NC(=O)CNC1=O)C(=O)N[C@@H](CC(N)=O)C(=O)N1C[C@H](O)C[C@H]1C(=O)N[C@@H]([C@@H](C)[C@@H](O)CO)C(=O)N2. The molecule has 1 saturated heterocycles. The first-order chi connectivity index (χ1) is 36.7. The number of hydrogen-bond donors (Lipinski definition) is 15. The molecule has 0 spiro atoms. The highest BCUT2D eigenvalue weighted by atomic mass is 32.2. The largest absolute Gasteiger partial charge is 0.508 e. The van der Waals surface area contributed by atoms with Gasteiger partial charge in [0, 0.05) is 54.1 Å². The van der Waals surface area contributed by atoms with Crippen LogP contribution in [0.25, 0.3) is 10.9 Å². The van der Waals surface area contributed by atoms with Gasteiger partial charge >= 0.3 is 6.03 Å². The highest BCUT2D eigenvalue weighted by Crippen LogP contribution is 2.36. The Labute approximate surface area is 457 Å². The first-order valence-corrected chi connectivity index (χ1v) is 28.2. The molecule has 1 unspecified atom stereocenters. The van der Waals surface area contributed by atoms with E-state index >= 15 is 4.21 Å². The number of aromatic hydroxyl groups is 1. The minimum atomic E-state index is -2.46. The number of nitrogens with zero attached hydrogens (tertiary/aromatic N) is 1. The molecule has 29 heteroatoms. The third-order valence-corrected chi connectivity index (χ3v) is 16.1. The molecule has 1 aromatic heterocycles. The number of aromatic nitrogens is 1. The molecule has 3 aliphatic rings. The molecular formula is C49H74N12O15S2. The number of aliphatic hydroxyl groups is 3. The number of phenolic OH excluding ortho intramolecular Hbond substituents is 1. The molecule has 11 atom stereocenters. The van der Waals surface area contributed by atoms with Crippen LogP contribution in [0.15, 0.2) is 17.2 Å². The maximum atomic E-state index is 15.1. The number of thioether (sulfide) groups is 1. The highest BCUT2D eigenvalue weighted by molar-refractivity contribution is 7.98. The van der Waals surface area contributed by atoms with Crippen LogP contribution < -0.4 is 53.6 Å². The average Bonchev–Trinajstić information content (AvgIpc) is 4.00. The van der Waals surface area contributed by atoms with Crippen molar-refractivity contribution in [2.45, 2.75) is 145 Å². The maximum Gasteiger partial charge on any atom is 0.315 e. The number of primary amides is 1. The van der Waals surface area contributed by atoms with Crippen LogP contribution in [-0.2, 0) is 66.1 Å². The predicted octanol–water partition coefficient (Wildman–Crippen LogP) is -3.81. The monoisotopic (exact) mass is 1130 g/mol. The van der Waals surface area contributed by atoms with Gasteiger partial charge in [-0.3, -0.25) is 47.4 Å². The topological polar surface area (TPSA) is 422 Å². The Morgan fingerprint density at radius 3 is 2.22 bits per heavy atom. The first-order valence-electron chi connectivity index (χ1n) is 25.7. The van der Waals surface area contributed by atoms with Crippen molar-refractivity contribution in [1.29, 1.82) is 0 Å². The number of phenols is 1. The molecule has 27 nitrogen and oxygen atoms in total. The number of benzene rings is 1. The summed E-state index contributed by atoms with van der Waals surface area (Å²) in [5, 5.41) is 66.1. The summed E-state index contributed by atoms with van der Waals surface area (Å²) >= 11 is 1.41. The number of nitrogens with two attached hydrogens (primary N) is 1. The van der Waals surface area contributed by atoms with Gasteiger partial charge in [0.05, 0.1) is 60.4 Å². The number of amides is 11. The van der Waals surface area contributed by atoms with E-state index < -0.39 is 181 Å². The summed E-state index contributed by atoms with van der Waals surface area (Å²) in [5.41, 5.74) is 5.72. The number of urea groups is 1. The number of rotatable bonds is 14. The normalized spacial score (nSPS) is 25.6. The standard InChI is InChI=1S/C49H74N12O15S2/c1-7-23(2)38-44(72)53-17-36(67)54-31-22-78(76)46-27(26-10-11-33(64)28(40(26)59-46)21-77-13-9-8-12-51-48(75)60-49(4,5)6)15-29(41(69)52-18-37(68)57-38)55-45(73)39(24(3)34(65)20-62)58-43(71)32-14-25(63)19-61(32)47(74)30(16-35(50)66)56-42(31)70/h10-11,23-25,29-32,34,38-39,59,62-65H,7-9,12-22H2,1-6H3,(H2,50,66)(H,52,69)(H,53,72)(H,54,67)(H,55,73)(H,56,70)(H,57,68)(H,58,71)(H2,51,60,75)/t23-,24-,25+,29-,30-,31-,32-,34-,38-,39-,78?/m0/s1. The van der Waals surface area contributed by atoms with Gasteiger partial charge in [0.15, 0.2) is 0 Å². The Hall–Kier alpha value is -6.56. The number of nitrogens with one attached hydrogen (secondary N) is 10. The maximum absolute atomic E-state index is 15.1. The van der Waals surface area contributed by atoms with E-state index in [9.17, 15) is 68.4 Å². The van der Waals surface area contributed by atoms with Crippen molar-refractivity contribution in [2.75, 3.05) is 44.3 Å². The smallest absolute Gasteiger partial charge is 0.315 e. The van der Waals surface area contributed by atoms with Gasteiger partial charge in [-0.2, -0.15) is 11.8 Å². The van der Waals surface area contributed by atoms with Crippen LogP contribution >= 0.6 is 11.8 Å². The van der Waals surface area contributed by atoms with E-state index in [-0.39, 0.29) is 39.0 Å². The van der Waals surface area contributed by atoms with Gasteiger partial charge in [0.1, 0.15) is 47.0 Å². The number of hydrogen-bond acceptors (Lipinski definition) is 16. The molecule has 1 aromatic carbocycles. The van der Waals surface area contributed by atoms with Gasteiger partial charge in [-0.1, -0.05) is 27.2 Å². The summed E-state index contributed by atoms with van der Waals surface area (Å²) in [5.74, 6) is -11.5. The second kappa shape index (κ2) is 27.8. The summed E-state index contributed by atoms with van der Waals surface area (Å²) in [4.78, 5) is 142. The van der Waals surface area contributed by atoms with Gasteiger partial charge in [0.2, 0.25) is 53.2 Å². The minimum absolute atomic E-state index is 0.0669. The highest BCUT2D eigenvalue weighted by Gasteiger charge is 2.45. The Bertz CT molecular complexity index is 2610. The van der Waals surface area contributed by atoms with Crippen molar-refractivity contribution in [3.05, 3.63) is 23.3 Å². The Balaban J connectivity index is 1.69. The summed E-state index contributed by atoms with van der Waals surface area (Å²) in [7, 11) is -2.46. The van der Waals surface area contributed by atoms with E-state index in [0.717, 1.165) is 4.90 Å². The van der Waals surface area contributed by atoms with Crippen molar-refractivity contribution in [3.8, 4) is 5.75 Å². The van der Waals surface area contributed by atoms with Crippen LogP contribution in [-0.4, -0.2) is 192 Å². The van der Waals surface area contributed by atoms with Gasteiger partial charge in [-0.05, 0) is 63.0 Å². The van der Waals surface area contributed by atoms with Gasteiger partial charge in [-0.25, -0.2) is 4.79 Å². The van der Waals surface area contributed by atoms with E-state index in [4.69, 9.17) is 5.73 Å². The molecule has 432 valence electrons. The molecular weight excluding hydrogens is 1060 g/mol. The van der Waals surface area contributed by atoms with E-state index in [1.54, 1.807) is 13.8 Å². The molecule has 78 heavy (non-hydrogen) atoms. The Kier molecular flexibility index (Phi) is 22.2. The number of aromatic amines is 1. The van der Waals surface area contributed by atoms with Gasteiger partial charge in [0.25, 0.3) is 0 Å². The molecule has 11 amide bonds. The number of carbonyl (C=O) groups is 10. The zero-order valence-corrected chi connectivity index (χ0v) is 46.1. The van der Waals surface area contributed by atoms with Crippen molar-refractivity contribution in [1.82, 2.24) is 57.7 Å². The van der Waals surface area contributed by atoms with Crippen LogP contribution in [0.4, 0.5) is 4.79 Å². The van der Waals surface area contributed by atoms with E-state index in [1.807, 2.05) is 20.8 Å². The second-order valence-electron chi connectivity index (χ2n) is 20.8. The molecule has 2 aromatic rings. The second-order valence-corrected chi connectivity index (χ2v) is 23.3. The van der Waals surface area contributed by atoms with Crippen molar-refractivity contribution in [3.63, 3.8) is 0 Å². The molecule has 4 heterocycles. The summed E-state index contributed by atoms with van der Waals surface area (Å²) < 4.78 is 15.1. The van der Waals surface area contributed by atoms with Crippen molar-refractivity contribution < 1.29 is 72.6 Å². The van der Waals surface area contributed by atoms with E-state index in [0.29, 0.717) is 37.1 Å². The fourth-order valence-electron chi connectivity index (χ4n) is 9.06. The number of carbonyl (C=O) groups excluding carboxylic acids is 10. The number of H-pyrrole nitrogens is 1. The lowest BCUT2D eigenvalue weighted by molar-refractivity contribution is -0.144. The van der Waals surface area contributed by atoms with Crippen molar-refractivity contribution >= 4 is 92.7 Å². The molecule has 2 bridgehead atoms. The third kappa shape index (κ3) is 16.7. The Morgan fingerprint density at radius 2 is 1.56 bits per heavy atom. The van der Waals surface area contributed by atoms with Gasteiger partial charge in [-0.15, -0.1) is 0 Å². The summed E-state index contributed by atoms with van der Waals surface area (Å²) in [6.07, 6.45) is -3.31. The van der Waals surface area contributed by atoms with Gasteiger partial charge < -0.3 is 83.9 Å². The molecule has 0 saturated carbocycles. The Morgan fingerprint density at radius 1 is 0.885 bits per heavy atom. The zero-order chi connectivity index (χ0) is 57.8. The number of aliphatic hydroxyl groups excluding tert-OH is 3. The molecule has 5 rings (SSSR count). The third-order valence-electron chi connectivity index (χ3n) is 13.5. The molecule has 1 fully saturated rings. The minimum Gasteiger partial charge on any atom is -0.508 e. The first kappa shape index (κ1) is 62.3. The van der Waals surface area contributed by atoms with E-state index in [2.05, 4.69) is 52.8 Å². The quantitative estimate of drug-likeness (QED) is 0.0807. The summed E-state index contributed by atoms with van der Waals surface area (Å²) in [6.45, 7) is 7.62. The van der Waals surface area contributed by atoms with Crippen LogP contribution in [0.1, 0.15) is 84.8 Å². The average molecular weight is 1140 g/mol. The lowest BCUT2D eigenvalue weighted by atomic mass is 9.93. The zero-order valence-electron chi connectivity index (χ0n) is 44.4. The van der Waals surface area contributed by atoms with E-state index in [1.165, 1.54) is 30.8 Å². The molecule has 16 N–H and O–H groups in total. The fraction of sp³-hybridized carbons (Fsp3) is 0.633. The van der Waals surface area contributed by atoms with Crippen LogP contribution in [0.5, 0.6) is 5.75 Å².